The zero-order valence-electron chi connectivity index (χ0n) is 7.34. The van der Waals surface area contributed by atoms with Gasteiger partial charge in [-0.15, -0.1) is 0 Å². The number of aromatic nitrogens is 1. The van der Waals surface area contributed by atoms with Gasteiger partial charge < -0.3 is 0 Å². The largest absolute Gasteiger partial charge is 0.276 e. The maximum absolute atomic E-state index is 5.01. The Morgan fingerprint density at radius 1 is 1.58 bits per heavy atom. The first-order valence-corrected chi connectivity index (χ1v) is 4.34. The van der Waals surface area contributed by atoms with Gasteiger partial charge in [0.15, 0.2) is 5.82 Å². The minimum absolute atomic E-state index is 0.834. The molecule has 0 atom stereocenters. The summed E-state index contributed by atoms with van der Waals surface area (Å²) in [6, 6.07) is 2.00. The van der Waals surface area contributed by atoms with Gasteiger partial charge in [-0.05, 0) is 34.5 Å². The van der Waals surface area contributed by atoms with Crippen LogP contribution in [0.5, 0.6) is 0 Å². The molecule has 4 heteroatoms. The number of pyridine rings is 1. The highest BCUT2D eigenvalue weighted by atomic mass is 79.9. The zero-order chi connectivity index (χ0) is 9.14. The Bertz CT molecular complexity index is 278. The van der Waals surface area contributed by atoms with Gasteiger partial charge in [-0.3, -0.25) is 4.84 Å². The van der Waals surface area contributed by atoms with Crippen LogP contribution in [0.4, 0.5) is 5.82 Å². The van der Waals surface area contributed by atoms with Crippen molar-refractivity contribution < 1.29 is 4.84 Å². The minimum Gasteiger partial charge on any atom is -0.276 e. The number of aryl methyl sites for hydroxylation is 1. The molecule has 1 aromatic heterocycles. The first-order valence-electron chi connectivity index (χ1n) is 3.55. The van der Waals surface area contributed by atoms with Gasteiger partial charge in [0.05, 0.1) is 7.11 Å². The number of halogens is 1. The number of hydrogen-bond acceptors (Lipinski definition) is 3. The highest BCUT2D eigenvalue weighted by Gasteiger charge is 2.04. The van der Waals surface area contributed by atoms with Gasteiger partial charge in [0.25, 0.3) is 0 Å². The first kappa shape index (κ1) is 9.48. The van der Waals surface area contributed by atoms with Crippen molar-refractivity contribution >= 4 is 21.7 Å². The van der Waals surface area contributed by atoms with E-state index in [1.807, 2.05) is 20.0 Å². The van der Waals surface area contributed by atoms with Gasteiger partial charge in [-0.2, -0.15) is 0 Å². The van der Waals surface area contributed by atoms with Gasteiger partial charge in [0, 0.05) is 17.7 Å². The summed E-state index contributed by atoms with van der Waals surface area (Å²) in [5.41, 5.74) is 1.08. The van der Waals surface area contributed by atoms with Gasteiger partial charge in [-0.1, -0.05) is 0 Å². The van der Waals surface area contributed by atoms with Crippen LogP contribution in [-0.2, 0) is 4.84 Å². The van der Waals surface area contributed by atoms with E-state index in [0.29, 0.717) is 0 Å². The predicted molar refractivity (Wildman–Crippen MR) is 52.1 cm³/mol. The van der Waals surface area contributed by atoms with E-state index < -0.39 is 0 Å². The lowest BCUT2D eigenvalue weighted by Crippen LogP contribution is -2.17. The molecule has 0 spiro atoms. The molecule has 3 nitrogen and oxygen atoms in total. The number of rotatable bonds is 2. The highest BCUT2D eigenvalue weighted by molar-refractivity contribution is 9.10. The fourth-order valence-corrected chi connectivity index (χ4v) is 1.40. The van der Waals surface area contributed by atoms with Crippen molar-refractivity contribution in [3.8, 4) is 0 Å². The fourth-order valence-electron chi connectivity index (χ4n) is 0.949. The van der Waals surface area contributed by atoms with Crippen molar-refractivity contribution in [1.82, 2.24) is 4.98 Å². The van der Waals surface area contributed by atoms with E-state index in [1.165, 1.54) is 0 Å². The summed E-state index contributed by atoms with van der Waals surface area (Å²) < 4.78 is 0.980. The lowest BCUT2D eigenvalue weighted by Gasteiger charge is -2.16. The molecule has 0 aromatic carbocycles. The topological polar surface area (TPSA) is 25.4 Å². The maximum atomic E-state index is 5.01. The molecule has 12 heavy (non-hydrogen) atoms. The van der Waals surface area contributed by atoms with Crippen LogP contribution in [0.15, 0.2) is 16.7 Å². The number of hydrogen-bond donors (Lipinski definition) is 0. The quantitative estimate of drug-likeness (QED) is 0.729. The number of nitrogens with zero attached hydrogens (tertiary/aromatic N) is 2. The van der Waals surface area contributed by atoms with Crippen LogP contribution in [-0.4, -0.2) is 19.1 Å². The molecule has 66 valence electrons. The minimum atomic E-state index is 0.834. The molecule has 1 aromatic rings. The standard InChI is InChI=1S/C8H11BrN2O/c1-6-4-7(9)5-10-8(6)11(2)12-3/h4-5H,1-3H3. The van der Waals surface area contributed by atoms with E-state index in [0.717, 1.165) is 15.9 Å². The normalized spacial score (nSPS) is 10.0. The van der Waals surface area contributed by atoms with Crippen LogP contribution in [0, 0.1) is 6.92 Å². The summed E-state index contributed by atoms with van der Waals surface area (Å²) in [4.78, 5) is 9.22. The van der Waals surface area contributed by atoms with E-state index in [9.17, 15) is 0 Å². The van der Waals surface area contributed by atoms with Crippen LogP contribution in [0.25, 0.3) is 0 Å². The summed E-state index contributed by atoms with van der Waals surface area (Å²) in [7, 11) is 3.44. The molecular weight excluding hydrogens is 220 g/mol. The second kappa shape index (κ2) is 3.87. The van der Waals surface area contributed by atoms with Crippen molar-refractivity contribution in [3.05, 3.63) is 22.3 Å². The fraction of sp³-hybridized carbons (Fsp3) is 0.375. The van der Waals surface area contributed by atoms with Crippen molar-refractivity contribution in [1.29, 1.82) is 0 Å². The molecule has 0 bridgehead atoms. The number of anilines is 1. The monoisotopic (exact) mass is 230 g/mol. The molecule has 0 unspecified atom stereocenters. The smallest absolute Gasteiger partial charge is 0.154 e. The molecule has 0 saturated heterocycles. The van der Waals surface area contributed by atoms with Crippen LogP contribution in [0.1, 0.15) is 5.56 Å². The third kappa shape index (κ3) is 1.95. The van der Waals surface area contributed by atoms with Crippen LogP contribution in [0.3, 0.4) is 0 Å². The third-order valence-electron chi connectivity index (χ3n) is 1.59. The van der Waals surface area contributed by atoms with Crippen molar-refractivity contribution in [2.75, 3.05) is 19.2 Å². The average Bonchev–Trinajstić information content (AvgIpc) is 2.03. The Labute approximate surface area is 80.4 Å². The molecule has 1 heterocycles. The molecule has 0 aliphatic carbocycles. The lowest BCUT2D eigenvalue weighted by molar-refractivity contribution is 0.182. The molecule has 1 rings (SSSR count). The van der Waals surface area contributed by atoms with Crippen LogP contribution < -0.4 is 5.06 Å². The van der Waals surface area contributed by atoms with Gasteiger partial charge in [0.1, 0.15) is 0 Å². The molecule has 0 aliphatic rings. The average molecular weight is 231 g/mol. The molecular formula is C8H11BrN2O. The molecule has 0 saturated carbocycles. The summed E-state index contributed by atoms with van der Waals surface area (Å²) >= 11 is 3.35. The summed E-state index contributed by atoms with van der Waals surface area (Å²) in [6.45, 7) is 1.99. The van der Waals surface area contributed by atoms with E-state index >= 15 is 0 Å². The molecule has 0 aliphatic heterocycles. The molecule has 0 fully saturated rings. The van der Waals surface area contributed by atoms with Gasteiger partial charge in [0.2, 0.25) is 0 Å². The Kier molecular flexibility index (Phi) is 3.05. The van der Waals surface area contributed by atoms with Crippen molar-refractivity contribution in [2.24, 2.45) is 0 Å². The summed E-state index contributed by atoms with van der Waals surface area (Å²) in [5, 5.41) is 1.63. The second-order valence-electron chi connectivity index (χ2n) is 2.47. The Morgan fingerprint density at radius 3 is 2.75 bits per heavy atom. The summed E-state index contributed by atoms with van der Waals surface area (Å²) in [5.74, 6) is 0.834. The Morgan fingerprint density at radius 2 is 2.25 bits per heavy atom. The van der Waals surface area contributed by atoms with Crippen molar-refractivity contribution in [2.45, 2.75) is 6.92 Å². The van der Waals surface area contributed by atoms with E-state index in [2.05, 4.69) is 20.9 Å². The van der Waals surface area contributed by atoms with E-state index in [1.54, 1.807) is 18.4 Å². The maximum Gasteiger partial charge on any atom is 0.154 e. The zero-order valence-corrected chi connectivity index (χ0v) is 8.92. The van der Waals surface area contributed by atoms with Gasteiger partial charge >= 0.3 is 0 Å². The Hall–Kier alpha value is -0.610. The highest BCUT2D eigenvalue weighted by Crippen LogP contribution is 2.19. The van der Waals surface area contributed by atoms with E-state index in [-0.39, 0.29) is 0 Å². The summed E-state index contributed by atoms with van der Waals surface area (Å²) in [6.07, 6.45) is 1.75. The van der Waals surface area contributed by atoms with E-state index in [4.69, 9.17) is 4.84 Å². The molecule has 0 amide bonds. The van der Waals surface area contributed by atoms with Crippen LogP contribution >= 0.6 is 15.9 Å². The predicted octanol–water partition coefficient (Wildman–Crippen LogP) is 2.15. The number of hydroxylamine groups is 1. The second-order valence-corrected chi connectivity index (χ2v) is 3.39. The molecule has 0 N–H and O–H groups in total. The SMILES string of the molecule is CON(C)c1ncc(Br)cc1C. The van der Waals surface area contributed by atoms with Gasteiger partial charge in [-0.25, -0.2) is 10.0 Å². The van der Waals surface area contributed by atoms with Crippen molar-refractivity contribution in [3.63, 3.8) is 0 Å². The first-order chi connectivity index (χ1) is 5.65. The Balaban J connectivity index is 3.01. The third-order valence-corrected chi connectivity index (χ3v) is 2.02. The lowest BCUT2D eigenvalue weighted by atomic mass is 10.3. The van der Waals surface area contributed by atoms with Crippen LogP contribution in [0.2, 0.25) is 0 Å². The molecule has 0 radical (unpaired) electrons.